The van der Waals surface area contributed by atoms with Crippen molar-refractivity contribution in [2.75, 3.05) is 0 Å². The Labute approximate surface area is 128 Å². The summed E-state index contributed by atoms with van der Waals surface area (Å²) in [7, 11) is 0. The minimum atomic E-state index is -0.283. The molecule has 1 unspecified atom stereocenters. The Morgan fingerprint density at radius 3 is 2.84 bits per heavy atom. The zero-order valence-corrected chi connectivity index (χ0v) is 12.4. The molecule has 0 spiro atoms. The number of aliphatic hydroxyl groups is 1. The third-order valence-electron chi connectivity index (χ3n) is 3.13. The number of halogens is 1. The van der Waals surface area contributed by atoms with Gasteiger partial charge in [-0.3, -0.25) is 5.10 Å². The van der Waals surface area contributed by atoms with E-state index >= 15 is 0 Å². The van der Waals surface area contributed by atoms with E-state index in [1.165, 1.54) is 0 Å². The van der Waals surface area contributed by atoms with Crippen molar-refractivity contribution in [3.05, 3.63) is 48.6 Å². The first-order valence-electron chi connectivity index (χ1n) is 5.66. The molecule has 0 saturated carbocycles. The fourth-order valence-corrected chi connectivity index (χ4v) is 2.46. The van der Waals surface area contributed by atoms with E-state index in [0.29, 0.717) is 11.4 Å². The van der Waals surface area contributed by atoms with Crippen molar-refractivity contribution in [1.29, 1.82) is 0 Å². The van der Waals surface area contributed by atoms with Gasteiger partial charge in [0.05, 0.1) is 6.10 Å². The van der Waals surface area contributed by atoms with E-state index in [9.17, 15) is 5.11 Å². The van der Waals surface area contributed by atoms with Gasteiger partial charge >= 0.3 is 16.8 Å². The molecule has 0 fully saturated rings. The number of aliphatic hydroxyl groups excluding tert-OH is 1. The van der Waals surface area contributed by atoms with Crippen LogP contribution in [-0.4, -0.2) is 21.0 Å². The van der Waals surface area contributed by atoms with Crippen LogP contribution in [0.2, 0.25) is 5.02 Å². The molecule has 1 aliphatic heterocycles. The molecule has 1 aromatic heterocycles. The van der Waals surface area contributed by atoms with Crippen molar-refractivity contribution in [3.8, 4) is 11.1 Å². The van der Waals surface area contributed by atoms with Crippen LogP contribution in [0.5, 0.6) is 0 Å². The Kier molecular flexibility index (Phi) is 5.61. The summed E-state index contributed by atoms with van der Waals surface area (Å²) in [5, 5.41) is 14.7. The summed E-state index contributed by atoms with van der Waals surface area (Å²) >= 11 is 6.18. The van der Waals surface area contributed by atoms with Gasteiger partial charge in [0.25, 0.3) is 0 Å². The Balaban J connectivity index is 0.000000902. The zero-order valence-electron chi connectivity index (χ0n) is 10.6. The molecule has 2 aromatic rings. The number of fused-ring (bicyclic) bond motifs is 1. The van der Waals surface area contributed by atoms with Crippen molar-refractivity contribution >= 4 is 11.6 Å². The smallest absolute Gasteiger partial charge is 0.394 e. The molecular weight excluding hydrogens is 307 g/mol. The molecule has 0 amide bonds. The molecular formula is C14H15ClCoN2O. The minimum absolute atomic E-state index is 0. The van der Waals surface area contributed by atoms with Gasteiger partial charge in [-0.25, -0.2) is 0 Å². The average Bonchev–Trinajstić information content (AvgIpc) is 2.72. The molecule has 1 aromatic carbocycles. The standard InChI is InChI=1S/C13H12ClN2O.CH3.Co/c14-12-4-2-1-3-10(12)11-8-15-16-6-5-9(17)7-13(11)16;;/h1-4,9,17H,5-7H2;1H3;/q2*-1;+2. The van der Waals surface area contributed by atoms with E-state index in [-0.39, 0.29) is 30.3 Å². The molecule has 19 heavy (non-hydrogen) atoms. The van der Waals surface area contributed by atoms with E-state index in [2.05, 4.69) is 11.3 Å². The maximum Gasteiger partial charge on any atom is 2.00 e. The molecule has 2 heterocycles. The third kappa shape index (κ3) is 3.03. The summed E-state index contributed by atoms with van der Waals surface area (Å²) in [6.07, 6.45) is 4.10. The fraction of sp³-hybridized carbons (Fsp3) is 0.286. The first kappa shape index (κ1) is 16.2. The van der Waals surface area contributed by atoms with Gasteiger partial charge in [0.1, 0.15) is 0 Å². The minimum Gasteiger partial charge on any atom is -0.394 e. The molecule has 1 aliphatic rings. The van der Waals surface area contributed by atoms with Gasteiger partial charge in [-0.15, -0.1) is 17.2 Å². The van der Waals surface area contributed by atoms with Gasteiger partial charge in [0.2, 0.25) is 0 Å². The molecule has 1 N–H and O–H groups in total. The van der Waals surface area contributed by atoms with Crippen LogP contribution in [0.3, 0.4) is 0 Å². The monoisotopic (exact) mass is 321 g/mol. The molecule has 3 rings (SSSR count). The first-order chi connectivity index (χ1) is 8.25. The van der Waals surface area contributed by atoms with Gasteiger partial charge < -0.3 is 17.2 Å². The van der Waals surface area contributed by atoms with Crippen LogP contribution < -0.4 is 0 Å². The summed E-state index contributed by atoms with van der Waals surface area (Å²) in [6, 6.07) is 7.65. The number of nitrogens with zero attached hydrogens (tertiary/aromatic N) is 2. The second-order valence-corrected chi connectivity index (χ2v) is 4.69. The number of hydrogen-bond donors (Lipinski definition) is 1. The summed E-state index contributed by atoms with van der Waals surface area (Å²) in [5.74, 6) is 0. The van der Waals surface area contributed by atoms with Crippen LogP contribution in [0.25, 0.3) is 11.1 Å². The summed E-state index contributed by atoms with van der Waals surface area (Å²) in [5.41, 5.74) is 2.87. The number of aromatic nitrogens is 2. The quantitative estimate of drug-likeness (QED) is 0.820. The average molecular weight is 322 g/mol. The van der Waals surface area contributed by atoms with Crippen molar-refractivity contribution in [3.63, 3.8) is 0 Å². The van der Waals surface area contributed by atoms with Gasteiger partial charge in [-0.2, -0.15) is 0 Å². The van der Waals surface area contributed by atoms with Gasteiger partial charge in [-0.1, -0.05) is 35.5 Å². The molecule has 0 bridgehead atoms. The third-order valence-corrected chi connectivity index (χ3v) is 3.46. The molecule has 5 heteroatoms. The number of aryl methyl sites for hydroxylation is 1. The van der Waals surface area contributed by atoms with Crippen LogP contribution in [0, 0.1) is 13.6 Å². The van der Waals surface area contributed by atoms with Crippen LogP contribution in [0.4, 0.5) is 0 Å². The number of rotatable bonds is 1. The van der Waals surface area contributed by atoms with Gasteiger partial charge in [0.15, 0.2) is 0 Å². The fourth-order valence-electron chi connectivity index (χ4n) is 2.23. The van der Waals surface area contributed by atoms with Crippen molar-refractivity contribution in [2.45, 2.75) is 25.5 Å². The van der Waals surface area contributed by atoms with Gasteiger partial charge in [0, 0.05) is 6.54 Å². The number of hydrogen-bond acceptors (Lipinski definition) is 2. The summed E-state index contributed by atoms with van der Waals surface area (Å²) in [6.45, 7) is 0.747. The normalized spacial score (nSPS) is 17.1. The summed E-state index contributed by atoms with van der Waals surface area (Å²) < 4.78 is 1.91. The van der Waals surface area contributed by atoms with E-state index in [1.54, 1.807) is 0 Å². The molecule has 1 radical (unpaired) electrons. The zero-order chi connectivity index (χ0) is 11.8. The maximum atomic E-state index is 9.73. The Morgan fingerprint density at radius 1 is 1.37 bits per heavy atom. The van der Waals surface area contributed by atoms with Crippen molar-refractivity contribution in [1.82, 2.24) is 9.78 Å². The topological polar surface area (TPSA) is 38.0 Å². The molecule has 1 atom stereocenters. The van der Waals surface area contributed by atoms with Gasteiger partial charge in [-0.05, 0) is 24.1 Å². The van der Waals surface area contributed by atoms with E-state index in [1.807, 2.05) is 28.9 Å². The Morgan fingerprint density at radius 2 is 2.11 bits per heavy atom. The first-order valence-corrected chi connectivity index (χ1v) is 6.04. The largest absolute Gasteiger partial charge is 2.00 e. The molecule has 3 nitrogen and oxygen atoms in total. The predicted octanol–water partition coefficient (Wildman–Crippen LogP) is 2.76. The molecule has 0 saturated heterocycles. The van der Waals surface area contributed by atoms with Crippen LogP contribution in [0.1, 0.15) is 12.1 Å². The Bertz CT molecular complexity index is 556. The molecule has 103 valence electrons. The molecule has 0 aliphatic carbocycles. The van der Waals surface area contributed by atoms with Crippen LogP contribution >= 0.6 is 11.6 Å². The van der Waals surface area contributed by atoms with Crippen molar-refractivity contribution in [2.24, 2.45) is 0 Å². The summed E-state index contributed by atoms with van der Waals surface area (Å²) in [4.78, 5) is 0. The SMILES string of the molecule is OC1CCn2n[c-]c(-c3ccccc3Cl)c2C1.[CH3-].[Co+2]. The van der Waals surface area contributed by atoms with E-state index in [0.717, 1.165) is 29.8 Å². The van der Waals surface area contributed by atoms with E-state index < -0.39 is 0 Å². The predicted molar refractivity (Wildman–Crippen MR) is 72.3 cm³/mol. The number of benzene rings is 1. The van der Waals surface area contributed by atoms with Crippen LogP contribution in [0.15, 0.2) is 24.3 Å². The van der Waals surface area contributed by atoms with Crippen molar-refractivity contribution < 1.29 is 21.9 Å². The second-order valence-electron chi connectivity index (χ2n) is 4.28. The van der Waals surface area contributed by atoms with E-state index in [4.69, 9.17) is 11.6 Å². The second kappa shape index (κ2) is 6.57. The van der Waals surface area contributed by atoms with Crippen LogP contribution in [-0.2, 0) is 29.7 Å². The Hall–Kier alpha value is -0.814. The maximum absolute atomic E-state index is 9.73.